The molecule has 31 heavy (non-hydrogen) atoms. The van der Waals surface area contributed by atoms with Gasteiger partial charge in [0.2, 0.25) is 11.8 Å². The van der Waals surface area contributed by atoms with E-state index in [9.17, 15) is 9.59 Å². The predicted molar refractivity (Wildman–Crippen MR) is 127 cm³/mol. The summed E-state index contributed by atoms with van der Waals surface area (Å²) >= 11 is 0. The molecular weight excluding hydrogens is 437 g/mol. The number of amides is 2. The van der Waals surface area contributed by atoms with Crippen molar-refractivity contribution in [3.8, 4) is 0 Å². The highest BCUT2D eigenvalue weighted by molar-refractivity contribution is 5.85. The molecule has 2 aliphatic carbocycles. The molecule has 9 heteroatoms. The van der Waals surface area contributed by atoms with Gasteiger partial charge in [0.1, 0.15) is 5.82 Å². The summed E-state index contributed by atoms with van der Waals surface area (Å²) in [6.07, 6.45) is 7.55. The fourth-order valence-electron chi connectivity index (χ4n) is 5.32. The number of hydrogen-bond acceptors (Lipinski definition) is 5. The fraction of sp³-hybridized carbons (Fsp3) is 0.682. The third kappa shape index (κ3) is 6.24. The maximum atomic E-state index is 12.6. The molecule has 7 nitrogen and oxygen atoms in total. The number of aromatic nitrogens is 1. The monoisotopic (exact) mass is 471 g/mol. The summed E-state index contributed by atoms with van der Waals surface area (Å²) in [7, 11) is 0. The number of nitrogens with zero attached hydrogens (tertiary/aromatic N) is 3. The molecule has 2 saturated carbocycles. The van der Waals surface area contributed by atoms with Gasteiger partial charge in [0.05, 0.1) is 0 Å². The number of pyridine rings is 1. The van der Waals surface area contributed by atoms with Crippen molar-refractivity contribution in [2.24, 2.45) is 23.5 Å². The van der Waals surface area contributed by atoms with Gasteiger partial charge in [-0.1, -0.05) is 12.5 Å². The Balaban J connectivity index is 0.00000171. The van der Waals surface area contributed by atoms with Crippen LogP contribution in [0, 0.1) is 17.8 Å². The second-order valence-electron chi connectivity index (χ2n) is 8.79. The Hall–Kier alpha value is -1.57. The van der Waals surface area contributed by atoms with Crippen LogP contribution < -0.4 is 16.0 Å². The van der Waals surface area contributed by atoms with Crippen molar-refractivity contribution in [3.05, 3.63) is 24.4 Å². The zero-order valence-electron chi connectivity index (χ0n) is 17.9. The third-order valence-corrected chi connectivity index (χ3v) is 7.03. The number of carbonyl (C=O) groups is 2. The summed E-state index contributed by atoms with van der Waals surface area (Å²) < 4.78 is 0. The van der Waals surface area contributed by atoms with Crippen LogP contribution in [-0.2, 0) is 9.59 Å². The molecule has 0 aromatic carbocycles. The van der Waals surface area contributed by atoms with Crippen LogP contribution in [0.15, 0.2) is 24.4 Å². The Morgan fingerprint density at radius 2 is 1.74 bits per heavy atom. The average Bonchev–Trinajstić information content (AvgIpc) is 2.74. The molecule has 1 aromatic heterocycles. The normalized spacial score (nSPS) is 27.5. The zero-order chi connectivity index (χ0) is 20.2. The highest BCUT2D eigenvalue weighted by Gasteiger charge is 2.40. The van der Waals surface area contributed by atoms with Gasteiger partial charge >= 0.3 is 0 Å². The molecule has 1 aromatic rings. The van der Waals surface area contributed by atoms with Crippen molar-refractivity contribution in [2.75, 3.05) is 37.6 Å². The minimum atomic E-state index is 0. The van der Waals surface area contributed by atoms with E-state index in [4.69, 9.17) is 5.73 Å². The molecule has 0 radical (unpaired) electrons. The lowest BCUT2D eigenvalue weighted by molar-refractivity contribution is -0.131. The lowest BCUT2D eigenvalue weighted by atomic mass is 9.65. The fourth-order valence-corrected chi connectivity index (χ4v) is 5.32. The molecule has 3 fully saturated rings. The zero-order valence-corrected chi connectivity index (χ0v) is 19.6. The van der Waals surface area contributed by atoms with E-state index in [0.717, 1.165) is 44.6 Å². The van der Waals surface area contributed by atoms with Crippen LogP contribution in [-0.4, -0.2) is 60.5 Å². The van der Waals surface area contributed by atoms with Crippen LogP contribution >= 0.6 is 24.8 Å². The number of carbonyl (C=O) groups excluding carboxylic acids is 2. The first-order chi connectivity index (χ1) is 14.1. The molecule has 2 heterocycles. The van der Waals surface area contributed by atoms with E-state index in [-0.39, 0.29) is 48.6 Å². The third-order valence-electron chi connectivity index (χ3n) is 7.03. The van der Waals surface area contributed by atoms with Crippen LogP contribution in [0.1, 0.15) is 38.5 Å². The van der Waals surface area contributed by atoms with Crippen molar-refractivity contribution >= 4 is 42.4 Å². The SMILES string of the molecule is Cl.Cl.NC1C2CCCC1CC(C(=O)NCCC(=O)N1CCN(c3ccccn3)CC1)C2. The summed E-state index contributed by atoms with van der Waals surface area (Å²) in [5, 5.41) is 3.01. The van der Waals surface area contributed by atoms with Gasteiger partial charge in [-0.05, 0) is 49.7 Å². The molecule has 1 saturated heterocycles. The maximum absolute atomic E-state index is 12.6. The van der Waals surface area contributed by atoms with Gasteiger partial charge in [-0.2, -0.15) is 0 Å². The summed E-state index contributed by atoms with van der Waals surface area (Å²) in [5.74, 6) is 2.26. The Morgan fingerprint density at radius 1 is 1.06 bits per heavy atom. The average molecular weight is 472 g/mol. The molecule has 3 aliphatic rings. The van der Waals surface area contributed by atoms with E-state index >= 15 is 0 Å². The minimum absolute atomic E-state index is 0. The van der Waals surface area contributed by atoms with E-state index < -0.39 is 0 Å². The first kappa shape index (κ1) is 25.7. The van der Waals surface area contributed by atoms with Crippen LogP contribution in [0.3, 0.4) is 0 Å². The Kier molecular flexibility index (Phi) is 9.85. The number of fused-ring (bicyclic) bond motifs is 2. The van der Waals surface area contributed by atoms with Crippen LogP contribution in [0.5, 0.6) is 0 Å². The minimum Gasteiger partial charge on any atom is -0.355 e. The maximum Gasteiger partial charge on any atom is 0.224 e. The van der Waals surface area contributed by atoms with E-state index in [1.807, 2.05) is 23.1 Å². The largest absolute Gasteiger partial charge is 0.355 e. The van der Waals surface area contributed by atoms with Crippen molar-refractivity contribution < 1.29 is 9.59 Å². The van der Waals surface area contributed by atoms with E-state index in [0.29, 0.717) is 37.9 Å². The Morgan fingerprint density at radius 3 is 2.35 bits per heavy atom. The second-order valence-corrected chi connectivity index (χ2v) is 8.79. The highest BCUT2D eigenvalue weighted by Crippen LogP contribution is 2.41. The van der Waals surface area contributed by atoms with Crippen molar-refractivity contribution in [1.82, 2.24) is 15.2 Å². The molecular formula is C22H35Cl2N5O2. The number of nitrogens with one attached hydrogen (secondary N) is 1. The first-order valence-electron chi connectivity index (χ1n) is 11.1. The standard InChI is InChI=1S/C22H33N5O2.2ClH/c23-21-16-4-3-5-17(21)15-18(14-16)22(29)25-9-7-20(28)27-12-10-26(11-13-27)19-6-1-2-8-24-19;;/h1-2,6,8,16-18,21H,3-5,7,9-15,23H2,(H,25,29);2*1H. The lowest BCUT2D eigenvalue weighted by Crippen LogP contribution is -2.50. The summed E-state index contributed by atoms with van der Waals surface area (Å²) in [4.78, 5) is 33.6. The lowest BCUT2D eigenvalue weighted by Gasteiger charge is -2.43. The number of hydrogen-bond donors (Lipinski definition) is 2. The number of anilines is 1. The summed E-state index contributed by atoms with van der Waals surface area (Å²) in [6, 6.07) is 6.17. The van der Waals surface area contributed by atoms with Crippen molar-refractivity contribution in [3.63, 3.8) is 0 Å². The smallest absolute Gasteiger partial charge is 0.224 e. The molecule has 2 unspecified atom stereocenters. The Bertz CT molecular complexity index is 701. The first-order valence-corrected chi connectivity index (χ1v) is 11.1. The number of halogens is 2. The van der Waals surface area contributed by atoms with E-state index in [2.05, 4.69) is 15.2 Å². The van der Waals surface area contributed by atoms with Gasteiger partial charge in [0, 0.05) is 57.3 Å². The molecule has 2 atom stereocenters. The summed E-state index contributed by atoms with van der Waals surface area (Å²) in [5.41, 5.74) is 6.33. The molecule has 2 bridgehead atoms. The van der Waals surface area contributed by atoms with Gasteiger partial charge < -0.3 is 20.9 Å². The van der Waals surface area contributed by atoms with Crippen LogP contribution in [0.25, 0.3) is 0 Å². The quantitative estimate of drug-likeness (QED) is 0.686. The van der Waals surface area contributed by atoms with E-state index in [1.165, 1.54) is 6.42 Å². The molecule has 0 spiro atoms. The molecule has 4 rings (SSSR count). The second kappa shape index (κ2) is 11.9. The predicted octanol–water partition coefficient (Wildman–Crippen LogP) is 2.23. The molecule has 1 aliphatic heterocycles. The van der Waals surface area contributed by atoms with Crippen molar-refractivity contribution in [1.29, 1.82) is 0 Å². The van der Waals surface area contributed by atoms with Gasteiger partial charge in [-0.15, -0.1) is 24.8 Å². The van der Waals surface area contributed by atoms with Crippen molar-refractivity contribution in [2.45, 2.75) is 44.6 Å². The number of rotatable bonds is 5. The summed E-state index contributed by atoms with van der Waals surface area (Å²) in [6.45, 7) is 3.41. The topological polar surface area (TPSA) is 91.6 Å². The molecule has 2 amide bonds. The Labute approximate surface area is 197 Å². The van der Waals surface area contributed by atoms with Gasteiger partial charge in [-0.25, -0.2) is 4.98 Å². The van der Waals surface area contributed by atoms with Crippen LogP contribution in [0.2, 0.25) is 0 Å². The van der Waals surface area contributed by atoms with E-state index in [1.54, 1.807) is 6.20 Å². The number of nitrogens with two attached hydrogens (primary N) is 1. The highest BCUT2D eigenvalue weighted by atomic mass is 35.5. The number of piperazine rings is 1. The molecule has 174 valence electrons. The van der Waals surface area contributed by atoms with Gasteiger partial charge in [-0.3, -0.25) is 9.59 Å². The van der Waals surface area contributed by atoms with Crippen LogP contribution in [0.4, 0.5) is 5.82 Å². The van der Waals surface area contributed by atoms with Gasteiger partial charge in [0.15, 0.2) is 0 Å². The van der Waals surface area contributed by atoms with Gasteiger partial charge in [0.25, 0.3) is 0 Å². The molecule has 3 N–H and O–H groups in total.